The average Bonchev–Trinajstić information content (AvgIpc) is 3.07. The van der Waals surface area contributed by atoms with Gasteiger partial charge in [-0.15, -0.1) is 0 Å². The summed E-state index contributed by atoms with van der Waals surface area (Å²) < 4.78 is 0. The second-order valence-electron chi connectivity index (χ2n) is 5.48. The first-order valence-electron chi connectivity index (χ1n) is 6.72. The van der Waals surface area contributed by atoms with E-state index in [0.717, 1.165) is 24.3 Å². The normalized spacial score (nSPS) is 25.1. The number of hydrogen-bond donors (Lipinski definition) is 1. The van der Waals surface area contributed by atoms with Crippen LogP contribution in [0.2, 0.25) is 0 Å². The Hall–Kier alpha value is -1.09. The van der Waals surface area contributed by atoms with Crippen LogP contribution in [0, 0.1) is 12.8 Å². The Balaban J connectivity index is 1.48. The highest BCUT2D eigenvalue weighted by Crippen LogP contribution is 2.31. The van der Waals surface area contributed by atoms with Crippen molar-refractivity contribution < 1.29 is 0 Å². The minimum absolute atomic E-state index is 0.804. The fourth-order valence-electron chi connectivity index (χ4n) is 2.68. The molecule has 3 nitrogen and oxygen atoms in total. The van der Waals surface area contributed by atoms with Crippen molar-refractivity contribution in [2.24, 2.45) is 5.92 Å². The maximum atomic E-state index is 4.34. The van der Waals surface area contributed by atoms with Gasteiger partial charge in [0.05, 0.1) is 0 Å². The van der Waals surface area contributed by atoms with Crippen LogP contribution in [-0.4, -0.2) is 35.6 Å². The molecule has 2 aliphatic rings. The van der Waals surface area contributed by atoms with Gasteiger partial charge in [0, 0.05) is 25.3 Å². The van der Waals surface area contributed by atoms with Crippen LogP contribution in [-0.2, 0) is 0 Å². The van der Waals surface area contributed by atoms with E-state index in [2.05, 4.69) is 28.2 Å². The second-order valence-corrected chi connectivity index (χ2v) is 5.48. The lowest BCUT2D eigenvalue weighted by molar-refractivity contribution is 0.316. The number of hydrogen-bond acceptors (Lipinski definition) is 3. The van der Waals surface area contributed by atoms with E-state index in [1.807, 2.05) is 12.3 Å². The summed E-state index contributed by atoms with van der Waals surface area (Å²) in [6.07, 6.45) is 6.08. The molecule has 2 heterocycles. The smallest absolute Gasteiger partial charge is 0.126 e. The molecule has 0 radical (unpaired) electrons. The summed E-state index contributed by atoms with van der Waals surface area (Å²) in [6.45, 7) is 5.76. The predicted molar refractivity (Wildman–Crippen MR) is 70.2 cm³/mol. The number of likely N-dealkylation sites (tertiary alicyclic amines) is 1. The molecule has 0 spiro atoms. The van der Waals surface area contributed by atoms with E-state index in [1.54, 1.807) is 0 Å². The first-order chi connectivity index (χ1) is 8.31. The first kappa shape index (κ1) is 11.0. The predicted octanol–water partition coefficient (Wildman–Crippen LogP) is 2.29. The van der Waals surface area contributed by atoms with Gasteiger partial charge < -0.3 is 10.2 Å². The van der Waals surface area contributed by atoms with Gasteiger partial charge in [-0.1, -0.05) is 0 Å². The van der Waals surface area contributed by atoms with Gasteiger partial charge in [-0.25, -0.2) is 4.98 Å². The van der Waals surface area contributed by atoms with Crippen molar-refractivity contribution >= 4 is 5.82 Å². The number of nitrogens with one attached hydrogen (secondary N) is 1. The fraction of sp³-hybridized carbons (Fsp3) is 0.643. The van der Waals surface area contributed by atoms with Crippen molar-refractivity contribution in [3.8, 4) is 0 Å². The highest BCUT2D eigenvalue weighted by molar-refractivity contribution is 5.36. The van der Waals surface area contributed by atoms with Crippen LogP contribution in [0.25, 0.3) is 0 Å². The summed E-state index contributed by atoms with van der Waals surface area (Å²) in [5.74, 6) is 1.83. The van der Waals surface area contributed by atoms with Gasteiger partial charge in [0.2, 0.25) is 0 Å². The van der Waals surface area contributed by atoms with Gasteiger partial charge in [0.15, 0.2) is 0 Å². The van der Waals surface area contributed by atoms with Crippen molar-refractivity contribution in [3.63, 3.8) is 0 Å². The molecule has 92 valence electrons. The third-order valence-electron chi connectivity index (χ3n) is 3.87. The number of rotatable bonds is 4. The molecule has 1 aromatic heterocycles. The molecule has 0 aromatic carbocycles. The second kappa shape index (κ2) is 4.65. The van der Waals surface area contributed by atoms with E-state index in [1.165, 1.54) is 37.9 Å². The van der Waals surface area contributed by atoms with Gasteiger partial charge in [-0.3, -0.25) is 0 Å². The maximum absolute atomic E-state index is 4.34. The minimum atomic E-state index is 0.804. The molecule has 17 heavy (non-hydrogen) atoms. The van der Waals surface area contributed by atoms with E-state index < -0.39 is 0 Å². The van der Waals surface area contributed by atoms with Crippen molar-refractivity contribution in [2.75, 3.05) is 25.0 Å². The Bertz CT molecular complexity index is 387. The molecule has 1 unspecified atom stereocenters. The lowest BCUT2D eigenvalue weighted by Gasteiger charge is -2.15. The van der Waals surface area contributed by atoms with Gasteiger partial charge in [-0.05, 0) is 56.3 Å². The van der Waals surface area contributed by atoms with Gasteiger partial charge >= 0.3 is 0 Å². The molecule has 1 saturated carbocycles. The zero-order valence-corrected chi connectivity index (χ0v) is 10.5. The summed E-state index contributed by atoms with van der Waals surface area (Å²) in [5, 5.41) is 3.47. The Morgan fingerprint density at radius 3 is 3.06 bits per heavy atom. The standard InChI is InChI=1S/C14H21N3/c1-11-4-6-15-14(8-11)16-9-12-5-7-17(10-12)13-2-3-13/h4,6,8,12-13H,2-3,5,7,9-10H2,1H3,(H,15,16). The average molecular weight is 231 g/mol. The van der Waals surface area contributed by atoms with Crippen molar-refractivity contribution in [3.05, 3.63) is 23.9 Å². The summed E-state index contributed by atoms with van der Waals surface area (Å²) in [5.41, 5.74) is 1.27. The summed E-state index contributed by atoms with van der Waals surface area (Å²) >= 11 is 0. The van der Waals surface area contributed by atoms with Crippen LogP contribution in [0.5, 0.6) is 0 Å². The Kier molecular flexibility index (Phi) is 3.02. The molecular weight excluding hydrogens is 210 g/mol. The van der Waals surface area contributed by atoms with Crippen molar-refractivity contribution in [1.29, 1.82) is 0 Å². The van der Waals surface area contributed by atoms with Gasteiger partial charge in [0.25, 0.3) is 0 Å². The molecule has 1 aromatic rings. The van der Waals surface area contributed by atoms with Crippen LogP contribution < -0.4 is 5.32 Å². The van der Waals surface area contributed by atoms with E-state index in [4.69, 9.17) is 0 Å². The third kappa shape index (κ3) is 2.78. The Morgan fingerprint density at radius 1 is 1.41 bits per heavy atom. The molecule has 1 N–H and O–H groups in total. The summed E-state index contributed by atoms with van der Waals surface area (Å²) in [4.78, 5) is 7.01. The lowest BCUT2D eigenvalue weighted by atomic mass is 10.1. The third-order valence-corrected chi connectivity index (χ3v) is 3.87. The quantitative estimate of drug-likeness (QED) is 0.861. The number of nitrogens with zero attached hydrogens (tertiary/aromatic N) is 2. The number of aryl methyl sites for hydroxylation is 1. The maximum Gasteiger partial charge on any atom is 0.126 e. The number of anilines is 1. The van der Waals surface area contributed by atoms with E-state index >= 15 is 0 Å². The SMILES string of the molecule is Cc1ccnc(NCC2CCN(C3CC3)C2)c1. The Morgan fingerprint density at radius 2 is 2.29 bits per heavy atom. The van der Waals surface area contributed by atoms with Crippen LogP contribution in [0.15, 0.2) is 18.3 Å². The topological polar surface area (TPSA) is 28.2 Å². The zero-order valence-electron chi connectivity index (χ0n) is 10.5. The molecule has 3 heteroatoms. The van der Waals surface area contributed by atoms with Crippen LogP contribution >= 0.6 is 0 Å². The van der Waals surface area contributed by atoms with E-state index in [0.29, 0.717) is 0 Å². The highest BCUT2D eigenvalue weighted by atomic mass is 15.2. The van der Waals surface area contributed by atoms with Gasteiger partial charge in [0.1, 0.15) is 5.82 Å². The molecule has 1 aliphatic heterocycles. The summed E-state index contributed by atoms with van der Waals surface area (Å²) in [6, 6.07) is 5.08. The zero-order chi connectivity index (χ0) is 11.7. The molecular formula is C14H21N3. The van der Waals surface area contributed by atoms with E-state index in [-0.39, 0.29) is 0 Å². The molecule has 2 fully saturated rings. The number of pyridine rings is 1. The van der Waals surface area contributed by atoms with Gasteiger partial charge in [-0.2, -0.15) is 0 Å². The minimum Gasteiger partial charge on any atom is -0.370 e. The first-order valence-corrected chi connectivity index (χ1v) is 6.72. The molecule has 1 atom stereocenters. The van der Waals surface area contributed by atoms with Crippen molar-refractivity contribution in [1.82, 2.24) is 9.88 Å². The summed E-state index contributed by atoms with van der Waals surface area (Å²) in [7, 11) is 0. The van der Waals surface area contributed by atoms with Crippen molar-refractivity contribution in [2.45, 2.75) is 32.2 Å². The monoisotopic (exact) mass is 231 g/mol. The molecule has 0 amide bonds. The number of aromatic nitrogens is 1. The molecule has 1 saturated heterocycles. The van der Waals surface area contributed by atoms with Crippen LogP contribution in [0.4, 0.5) is 5.82 Å². The highest BCUT2D eigenvalue weighted by Gasteiger charge is 2.34. The van der Waals surface area contributed by atoms with E-state index in [9.17, 15) is 0 Å². The fourth-order valence-corrected chi connectivity index (χ4v) is 2.68. The molecule has 0 bridgehead atoms. The van der Waals surface area contributed by atoms with Crippen LogP contribution in [0.1, 0.15) is 24.8 Å². The molecule has 1 aliphatic carbocycles. The largest absolute Gasteiger partial charge is 0.370 e. The molecule has 3 rings (SSSR count). The Labute approximate surface area is 103 Å². The van der Waals surface area contributed by atoms with Crippen LogP contribution in [0.3, 0.4) is 0 Å². The lowest BCUT2D eigenvalue weighted by Crippen LogP contribution is -2.24.